The molecule has 0 aliphatic rings. The molecule has 0 aliphatic heterocycles. The van der Waals surface area contributed by atoms with Gasteiger partial charge in [-0.05, 0) is 62.1 Å². The first-order valence-corrected chi connectivity index (χ1v) is 7.74. The van der Waals surface area contributed by atoms with Gasteiger partial charge in [0.15, 0.2) is 5.82 Å². The third-order valence-corrected chi connectivity index (χ3v) is 4.63. The smallest absolute Gasteiger partial charge is 0.229 e. The van der Waals surface area contributed by atoms with Crippen LogP contribution >= 0.6 is 11.6 Å². The Morgan fingerprint density at radius 2 is 1.59 bits per heavy atom. The van der Waals surface area contributed by atoms with Crippen LogP contribution < -0.4 is 4.74 Å². The van der Waals surface area contributed by atoms with Crippen LogP contribution in [0.3, 0.4) is 0 Å². The van der Waals surface area contributed by atoms with Gasteiger partial charge in [0.2, 0.25) is 5.56 Å². The normalized spacial score (nSPS) is 12.6. The van der Waals surface area contributed by atoms with E-state index in [0.717, 1.165) is 16.8 Å². The van der Waals surface area contributed by atoms with Gasteiger partial charge in [-0.1, -0.05) is 29.8 Å². The maximum Gasteiger partial charge on any atom is 0.229 e. The molecule has 4 heteroatoms. The van der Waals surface area contributed by atoms with Crippen molar-refractivity contribution in [1.82, 2.24) is 9.97 Å². The highest BCUT2D eigenvalue weighted by Crippen LogP contribution is 2.31. The molecule has 1 atom stereocenters. The lowest BCUT2D eigenvalue weighted by atomic mass is 9.98. The zero-order chi connectivity index (χ0) is 15.9. The average Bonchev–Trinajstić information content (AvgIpc) is 2.97. The van der Waals surface area contributed by atoms with Crippen LogP contribution in [0.15, 0.2) is 30.3 Å². The molecule has 3 rings (SSSR count). The highest BCUT2D eigenvalue weighted by Gasteiger charge is 2.18. The highest BCUT2D eigenvalue weighted by atomic mass is 35.5. The minimum atomic E-state index is -0.644. The van der Waals surface area contributed by atoms with Crippen molar-refractivity contribution in [1.29, 1.82) is 0 Å². The van der Waals surface area contributed by atoms with E-state index in [9.17, 15) is 0 Å². The fourth-order valence-electron chi connectivity index (χ4n) is 2.64. The van der Waals surface area contributed by atoms with Crippen molar-refractivity contribution in [3.05, 3.63) is 58.4 Å². The van der Waals surface area contributed by atoms with Gasteiger partial charge in [-0.15, -0.1) is 0 Å². The molecule has 0 bridgehead atoms. The lowest BCUT2D eigenvalue weighted by Crippen LogP contribution is -2.02. The molecule has 114 valence electrons. The molecule has 3 aromatic rings. The van der Waals surface area contributed by atoms with Gasteiger partial charge in [0.1, 0.15) is 5.75 Å². The molecular formula is C18H19ClN2O. The third-order valence-electron chi connectivity index (χ3n) is 4.34. The van der Waals surface area contributed by atoms with Gasteiger partial charge in [-0.25, -0.2) is 4.98 Å². The zero-order valence-electron chi connectivity index (χ0n) is 13.2. The second kappa shape index (κ2) is 5.65. The summed E-state index contributed by atoms with van der Waals surface area (Å²) in [5.41, 5.74) is 6.32. The molecule has 1 unspecified atom stereocenters. The molecule has 0 radical (unpaired) electrons. The second-order valence-corrected chi connectivity index (χ2v) is 5.99. The Bertz CT molecular complexity index is 779. The second-order valence-electron chi connectivity index (χ2n) is 5.59. The average molecular weight is 315 g/mol. The van der Waals surface area contributed by atoms with Crippen LogP contribution in [0.2, 0.25) is 0 Å². The first-order valence-electron chi connectivity index (χ1n) is 7.30. The summed E-state index contributed by atoms with van der Waals surface area (Å²) in [5, 5.41) is 0. The zero-order valence-corrected chi connectivity index (χ0v) is 14.0. The minimum Gasteiger partial charge on any atom is -0.467 e. The van der Waals surface area contributed by atoms with E-state index < -0.39 is 5.56 Å². The van der Waals surface area contributed by atoms with Gasteiger partial charge in [-0.2, -0.15) is 0 Å². The number of nitrogens with zero attached hydrogens (tertiary/aromatic N) is 1. The lowest BCUT2D eigenvalue weighted by Gasteiger charge is -2.09. The summed E-state index contributed by atoms with van der Waals surface area (Å²) >= 11 is 6.38. The number of hydrogen-bond donors (Lipinski definition) is 1. The van der Waals surface area contributed by atoms with E-state index in [1.54, 1.807) is 0 Å². The van der Waals surface area contributed by atoms with Crippen LogP contribution in [0.5, 0.6) is 5.75 Å². The van der Waals surface area contributed by atoms with Crippen LogP contribution in [0.4, 0.5) is 0 Å². The quantitative estimate of drug-likeness (QED) is 0.682. The van der Waals surface area contributed by atoms with Gasteiger partial charge in [0, 0.05) is 0 Å². The van der Waals surface area contributed by atoms with E-state index in [4.69, 9.17) is 16.3 Å². The molecule has 1 aromatic heterocycles. The number of rotatable bonds is 3. The number of aromatic amines is 1. The number of alkyl halides is 1. The number of hydrogen-bond acceptors (Lipinski definition) is 2. The van der Waals surface area contributed by atoms with Crippen molar-refractivity contribution in [2.45, 2.75) is 33.3 Å². The molecule has 2 aromatic carbocycles. The fraction of sp³-hybridized carbons (Fsp3) is 0.278. The first-order chi connectivity index (χ1) is 10.5. The number of halogens is 1. The van der Waals surface area contributed by atoms with Crippen molar-refractivity contribution < 1.29 is 4.74 Å². The summed E-state index contributed by atoms with van der Waals surface area (Å²) in [6.45, 7) is 8.46. The standard InChI is InChI=1S/C18H19ClN2O/c1-10-11(2)13(4)16-15(12(10)3)20-18(21-16)17(19)22-14-8-6-5-7-9-14/h5-9,17H,1-4H3,(H,20,21). The molecular weight excluding hydrogens is 296 g/mol. The van der Waals surface area contributed by atoms with E-state index in [-0.39, 0.29) is 0 Å². The predicted molar refractivity (Wildman–Crippen MR) is 90.7 cm³/mol. The third kappa shape index (κ3) is 2.46. The van der Waals surface area contributed by atoms with Crippen LogP contribution in [0.25, 0.3) is 11.0 Å². The molecule has 0 spiro atoms. The number of ether oxygens (including phenoxy) is 1. The van der Waals surface area contributed by atoms with E-state index in [2.05, 4.69) is 37.7 Å². The van der Waals surface area contributed by atoms with Crippen LogP contribution in [-0.2, 0) is 0 Å². The molecule has 1 N–H and O–H groups in total. The maximum absolute atomic E-state index is 6.38. The van der Waals surface area contributed by atoms with Crippen molar-refractivity contribution in [3.8, 4) is 5.75 Å². The molecule has 0 saturated carbocycles. The van der Waals surface area contributed by atoms with Crippen molar-refractivity contribution in [2.24, 2.45) is 0 Å². The highest BCUT2D eigenvalue weighted by molar-refractivity contribution is 6.19. The number of benzene rings is 2. The summed E-state index contributed by atoms with van der Waals surface area (Å²) in [7, 11) is 0. The maximum atomic E-state index is 6.38. The molecule has 1 heterocycles. The summed E-state index contributed by atoms with van der Waals surface area (Å²) in [5.74, 6) is 1.36. The van der Waals surface area contributed by atoms with Crippen LogP contribution in [0, 0.1) is 27.7 Å². The summed E-state index contributed by atoms with van der Waals surface area (Å²) in [4.78, 5) is 7.98. The Labute approximate surface area is 135 Å². The molecule has 0 amide bonds. The SMILES string of the molecule is Cc1c(C)c(C)c2[nH]c(C(Cl)Oc3ccccc3)nc2c1C. The molecule has 0 saturated heterocycles. The Morgan fingerprint density at radius 1 is 0.955 bits per heavy atom. The number of H-pyrrole nitrogens is 1. The first kappa shape index (κ1) is 14.9. The molecule has 0 fully saturated rings. The van der Waals surface area contributed by atoms with Gasteiger partial charge in [0.25, 0.3) is 0 Å². The summed E-state index contributed by atoms with van der Waals surface area (Å²) in [6, 6.07) is 9.53. The Balaban J connectivity index is 2.02. The molecule has 0 aliphatic carbocycles. The number of fused-ring (bicyclic) bond motifs is 1. The Morgan fingerprint density at radius 3 is 2.27 bits per heavy atom. The number of aromatic nitrogens is 2. The van der Waals surface area contributed by atoms with Gasteiger partial charge in [0.05, 0.1) is 11.0 Å². The number of nitrogens with one attached hydrogen (secondary N) is 1. The van der Waals surface area contributed by atoms with Gasteiger partial charge in [-0.3, -0.25) is 0 Å². The van der Waals surface area contributed by atoms with Crippen molar-refractivity contribution >= 4 is 22.6 Å². The van der Waals surface area contributed by atoms with Crippen LogP contribution in [-0.4, -0.2) is 9.97 Å². The minimum absolute atomic E-state index is 0.636. The van der Waals surface area contributed by atoms with Crippen molar-refractivity contribution in [2.75, 3.05) is 0 Å². The van der Waals surface area contributed by atoms with Gasteiger partial charge < -0.3 is 9.72 Å². The predicted octanol–water partition coefficient (Wildman–Crippen LogP) is 5.11. The monoisotopic (exact) mass is 314 g/mol. The van der Waals surface area contributed by atoms with E-state index >= 15 is 0 Å². The fourth-order valence-corrected chi connectivity index (χ4v) is 2.85. The van der Waals surface area contributed by atoms with E-state index in [1.165, 1.54) is 22.3 Å². The van der Waals surface area contributed by atoms with E-state index in [0.29, 0.717) is 5.82 Å². The van der Waals surface area contributed by atoms with Crippen LogP contribution in [0.1, 0.15) is 33.6 Å². The molecule has 3 nitrogen and oxygen atoms in total. The number of imidazole rings is 1. The summed E-state index contributed by atoms with van der Waals surface area (Å²) in [6.07, 6.45) is 0. The van der Waals surface area contributed by atoms with Gasteiger partial charge >= 0.3 is 0 Å². The largest absolute Gasteiger partial charge is 0.467 e. The number of para-hydroxylation sites is 1. The van der Waals surface area contributed by atoms with E-state index in [1.807, 2.05) is 30.3 Å². The summed E-state index contributed by atoms with van der Waals surface area (Å²) < 4.78 is 5.74. The Kier molecular flexibility index (Phi) is 3.83. The number of aryl methyl sites for hydroxylation is 2. The Hall–Kier alpha value is -2.00. The lowest BCUT2D eigenvalue weighted by molar-refractivity contribution is 0.279. The topological polar surface area (TPSA) is 37.9 Å². The molecule has 22 heavy (non-hydrogen) atoms. The van der Waals surface area contributed by atoms with Crippen molar-refractivity contribution in [3.63, 3.8) is 0 Å².